The monoisotopic (exact) mass is 397 g/mol. The van der Waals surface area contributed by atoms with E-state index in [0.29, 0.717) is 18.5 Å². The van der Waals surface area contributed by atoms with Gasteiger partial charge in [-0.15, -0.1) is 0 Å². The molecule has 2 aliphatic rings. The SMILES string of the molecule is CC(C(=O)OCC(=O)N(CC#N)c1ccccc1)N1C(=O)C2CCCCC2C1=O. The van der Waals surface area contributed by atoms with E-state index in [0.717, 1.165) is 17.7 Å². The lowest BCUT2D eigenvalue weighted by Gasteiger charge is -2.23. The summed E-state index contributed by atoms with van der Waals surface area (Å²) in [5.74, 6) is -2.74. The van der Waals surface area contributed by atoms with Crippen LogP contribution in [-0.2, 0) is 23.9 Å². The van der Waals surface area contributed by atoms with Gasteiger partial charge in [-0.1, -0.05) is 31.0 Å². The van der Waals surface area contributed by atoms with Crippen LogP contribution in [0.4, 0.5) is 5.69 Å². The van der Waals surface area contributed by atoms with E-state index in [1.807, 2.05) is 6.07 Å². The lowest BCUT2D eigenvalue weighted by molar-refractivity contribution is -0.159. The van der Waals surface area contributed by atoms with E-state index in [1.165, 1.54) is 11.8 Å². The summed E-state index contributed by atoms with van der Waals surface area (Å²) in [6, 6.07) is 9.39. The van der Waals surface area contributed by atoms with E-state index in [-0.39, 0.29) is 30.2 Å². The predicted octanol–water partition coefficient (Wildman–Crippen LogP) is 1.65. The first-order valence-corrected chi connectivity index (χ1v) is 9.71. The van der Waals surface area contributed by atoms with Crippen molar-refractivity contribution in [2.45, 2.75) is 38.6 Å². The van der Waals surface area contributed by atoms with Crippen LogP contribution in [-0.4, -0.2) is 47.8 Å². The summed E-state index contributed by atoms with van der Waals surface area (Å²) in [7, 11) is 0. The maximum absolute atomic E-state index is 12.6. The molecular weight excluding hydrogens is 374 g/mol. The molecule has 1 aliphatic heterocycles. The molecule has 1 heterocycles. The molecule has 3 amide bonds. The Labute approximate surface area is 169 Å². The number of ether oxygens (including phenoxy) is 1. The molecule has 0 spiro atoms. The third kappa shape index (κ3) is 4.14. The fourth-order valence-corrected chi connectivity index (χ4v) is 4.01. The van der Waals surface area contributed by atoms with Gasteiger partial charge in [0.1, 0.15) is 12.6 Å². The first kappa shape index (κ1) is 20.5. The van der Waals surface area contributed by atoms with Gasteiger partial charge in [0.05, 0.1) is 17.9 Å². The number of rotatable bonds is 6. The van der Waals surface area contributed by atoms with Crippen molar-refractivity contribution in [1.29, 1.82) is 5.26 Å². The normalized spacial score (nSPS) is 21.9. The zero-order valence-electron chi connectivity index (χ0n) is 16.2. The summed E-state index contributed by atoms with van der Waals surface area (Å²) in [4.78, 5) is 52.3. The number of benzene rings is 1. The molecule has 152 valence electrons. The first-order valence-electron chi connectivity index (χ1n) is 9.71. The second-order valence-corrected chi connectivity index (χ2v) is 7.30. The highest BCUT2D eigenvalue weighted by Gasteiger charge is 2.51. The van der Waals surface area contributed by atoms with E-state index in [9.17, 15) is 19.2 Å². The van der Waals surface area contributed by atoms with Gasteiger partial charge in [0.25, 0.3) is 5.91 Å². The lowest BCUT2D eigenvalue weighted by atomic mass is 9.81. The van der Waals surface area contributed by atoms with Crippen LogP contribution in [0.5, 0.6) is 0 Å². The smallest absolute Gasteiger partial charge is 0.329 e. The molecule has 1 saturated heterocycles. The zero-order valence-corrected chi connectivity index (χ0v) is 16.2. The van der Waals surface area contributed by atoms with Crippen molar-refractivity contribution >= 4 is 29.4 Å². The van der Waals surface area contributed by atoms with Gasteiger partial charge < -0.3 is 4.74 Å². The van der Waals surface area contributed by atoms with E-state index < -0.39 is 24.5 Å². The third-order valence-corrected chi connectivity index (χ3v) is 5.54. The number of para-hydroxylation sites is 1. The molecule has 1 saturated carbocycles. The summed E-state index contributed by atoms with van der Waals surface area (Å²) in [6.07, 6.45) is 3.11. The topological polar surface area (TPSA) is 108 Å². The standard InChI is InChI=1S/C21H23N3O5/c1-14(24-19(26)16-9-5-6-10-17(16)20(24)27)21(28)29-13-18(25)23(12-11-22)15-7-3-2-4-8-15/h2-4,7-8,14,16-17H,5-6,9-10,12-13H2,1H3. The van der Waals surface area contributed by atoms with Crippen molar-refractivity contribution in [3.05, 3.63) is 30.3 Å². The minimum Gasteiger partial charge on any atom is -0.454 e. The molecule has 0 N–H and O–H groups in total. The Kier molecular flexibility index (Phi) is 6.27. The number of esters is 1. The summed E-state index contributed by atoms with van der Waals surface area (Å²) in [5.41, 5.74) is 0.511. The minimum atomic E-state index is -1.09. The van der Waals surface area contributed by atoms with Crippen molar-refractivity contribution in [2.75, 3.05) is 18.1 Å². The number of likely N-dealkylation sites (tertiary alicyclic amines) is 1. The molecule has 3 atom stereocenters. The van der Waals surface area contributed by atoms with Gasteiger partial charge >= 0.3 is 5.97 Å². The number of hydrogen-bond acceptors (Lipinski definition) is 6. The number of anilines is 1. The Morgan fingerprint density at radius 2 is 1.76 bits per heavy atom. The van der Waals surface area contributed by atoms with Crippen LogP contribution in [0.3, 0.4) is 0 Å². The highest BCUT2D eigenvalue weighted by Crippen LogP contribution is 2.38. The molecule has 0 radical (unpaired) electrons. The molecule has 0 aromatic heterocycles. The van der Waals surface area contributed by atoms with Crippen molar-refractivity contribution in [3.8, 4) is 6.07 Å². The number of carbonyl (C=O) groups is 4. The highest BCUT2D eigenvalue weighted by atomic mass is 16.5. The van der Waals surface area contributed by atoms with E-state index >= 15 is 0 Å². The van der Waals surface area contributed by atoms with Gasteiger partial charge in [-0.2, -0.15) is 5.26 Å². The molecule has 2 fully saturated rings. The van der Waals surface area contributed by atoms with Crippen LogP contribution < -0.4 is 4.90 Å². The second kappa shape index (κ2) is 8.86. The van der Waals surface area contributed by atoms with Gasteiger partial charge in [0.15, 0.2) is 6.61 Å². The Bertz CT molecular complexity index is 824. The largest absolute Gasteiger partial charge is 0.454 e. The molecule has 29 heavy (non-hydrogen) atoms. The molecule has 0 bridgehead atoms. The van der Waals surface area contributed by atoms with E-state index in [1.54, 1.807) is 30.3 Å². The average molecular weight is 397 g/mol. The van der Waals surface area contributed by atoms with Gasteiger partial charge in [-0.25, -0.2) is 4.79 Å². The molecule has 1 aromatic rings. The number of hydrogen-bond donors (Lipinski definition) is 0. The molecule has 8 nitrogen and oxygen atoms in total. The number of nitriles is 1. The van der Waals surface area contributed by atoms with Crippen LogP contribution in [0, 0.1) is 23.2 Å². The fourth-order valence-electron chi connectivity index (χ4n) is 4.01. The van der Waals surface area contributed by atoms with Gasteiger partial charge in [-0.3, -0.25) is 24.2 Å². The van der Waals surface area contributed by atoms with Crippen LogP contribution in [0.1, 0.15) is 32.6 Å². The third-order valence-electron chi connectivity index (χ3n) is 5.54. The van der Waals surface area contributed by atoms with Gasteiger partial charge in [0, 0.05) is 5.69 Å². The van der Waals surface area contributed by atoms with E-state index in [4.69, 9.17) is 10.00 Å². The maximum atomic E-state index is 12.6. The Morgan fingerprint density at radius 1 is 1.17 bits per heavy atom. The van der Waals surface area contributed by atoms with Crippen molar-refractivity contribution in [3.63, 3.8) is 0 Å². The maximum Gasteiger partial charge on any atom is 0.329 e. The Balaban J connectivity index is 1.62. The average Bonchev–Trinajstić information content (AvgIpc) is 3.00. The molecule has 8 heteroatoms. The van der Waals surface area contributed by atoms with Crippen LogP contribution in [0.15, 0.2) is 30.3 Å². The Hall–Kier alpha value is -3.21. The zero-order chi connectivity index (χ0) is 21.0. The number of imide groups is 1. The quantitative estimate of drug-likeness (QED) is 0.410. The molecule has 3 unspecified atom stereocenters. The van der Waals surface area contributed by atoms with Gasteiger partial charge in [-0.05, 0) is 31.9 Å². The summed E-state index contributed by atoms with van der Waals surface area (Å²) >= 11 is 0. The molecule has 1 aliphatic carbocycles. The molecule has 3 rings (SSSR count). The second-order valence-electron chi connectivity index (χ2n) is 7.30. The first-order chi connectivity index (χ1) is 14.0. The summed E-state index contributed by atoms with van der Waals surface area (Å²) in [6.45, 7) is 0.662. The molecular formula is C21H23N3O5. The van der Waals surface area contributed by atoms with Crippen molar-refractivity contribution in [1.82, 2.24) is 4.90 Å². The van der Waals surface area contributed by atoms with Gasteiger partial charge in [0.2, 0.25) is 11.8 Å². The number of fused-ring (bicyclic) bond motifs is 1. The summed E-state index contributed by atoms with van der Waals surface area (Å²) in [5, 5.41) is 8.98. The number of amides is 3. The van der Waals surface area contributed by atoms with Crippen LogP contribution in [0.25, 0.3) is 0 Å². The van der Waals surface area contributed by atoms with Crippen molar-refractivity contribution in [2.24, 2.45) is 11.8 Å². The van der Waals surface area contributed by atoms with E-state index in [2.05, 4.69) is 0 Å². The van der Waals surface area contributed by atoms with Crippen LogP contribution >= 0.6 is 0 Å². The van der Waals surface area contributed by atoms with Crippen molar-refractivity contribution < 1.29 is 23.9 Å². The number of nitrogens with zero attached hydrogens (tertiary/aromatic N) is 3. The lowest BCUT2D eigenvalue weighted by Crippen LogP contribution is -2.45. The minimum absolute atomic E-state index is 0.192. The fraction of sp³-hybridized carbons (Fsp3) is 0.476. The summed E-state index contributed by atoms with van der Waals surface area (Å²) < 4.78 is 5.09. The Morgan fingerprint density at radius 3 is 2.31 bits per heavy atom. The highest BCUT2D eigenvalue weighted by molar-refractivity contribution is 6.08. The number of carbonyl (C=O) groups excluding carboxylic acids is 4. The van der Waals surface area contributed by atoms with Crippen LogP contribution in [0.2, 0.25) is 0 Å². The molecule has 1 aromatic carbocycles. The predicted molar refractivity (Wildman–Crippen MR) is 102 cm³/mol.